The van der Waals surface area contributed by atoms with Crippen molar-refractivity contribution in [3.63, 3.8) is 0 Å². The van der Waals surface area contributed by atoms with Gasteiger partial charge in [0.2, 0.25) is 0 Å². The van der Waals surface area contributed by atoms with Crippen molar-refractivity contribution in [1.82, 2.24) is 0 Å². The van der Waals surface area contributed by atoms with E-state index in [1.54, 1.807) is 24.5 Å². The summed E-state index contributed by atoms with van der Waals surface area (Å²) in [6, 6.07) is 9.15. The van der Waals surface area contributed by atoms with Crippen LogP contribution in [0.25, 0.3) is 0 Å². The number of nitrogens with one attached hydrogen (secondary N) is 1. The lowest BCUT2D eigenvalue weighted by atomic mass is 10.2. The van der Waals surface area contributed by atoms with Crippen LogP contribution in [0.15, 0.2) is 34.9 Å². The fraction of sp³-hybridized carbons (Fsp3) is 0.154. The second-order valence-corrected chi connectivity index (χ2v) is 4.12. The minimum atomic E-state index is 0.536. The summed E-state index contributed by atoms with van der Waals surface area (Å²) < 4.78 is 5.31. The number of halogens is 1. The highest BCUT2D eigenvalue weighted by Gasteiger charge is 2.05. The zero-order chi connectivity index (χ0) is 12.3. The van der Waals surface area contributed by atoms with Gasteiger partial charge in [-0.25, -0.2) is 0 Å². The highest BCUT2D eigenvalue weighted by atomic mass is 35.5. The summed E-state index contributed by atoms with van der Waals surface area (Å²) in [5.41, 5.74) is 2.37. The van der Waals surface area contributed by atoms with Crippen LogP contribution in [0.4, 0.5) is 5.69 Å². The first-order chi connectivity index (χ1) is 8.20. The first-order valence-corrected chi connectivity index (χ1v) is 5.55. The summed E-state index contributed by atoms with van der Waals surface area (Å²) in [6.07, 6.45) is 1.65. The number of hydrogen-bond acceptors (Lipinski definition) is 3. The summed E-state index contributed by atoms with van der Waals surface area (Å²) in [5.74, 6) is 0.855. The number of anilines is 1. The van der Waals surface area contributed by atoms with Gasteiger partial charge in [-0.2, -0.15) is 5.26 Å². The Bertz CT molecular complexity index is 569. The maximum Gasteiger partial charge on any atom is 0.125 e. The molecule has 0 aliphatic heterocycles. The van der Waals surface area contributed by atoms with E-state index in [4.69, 9.17) is 21.3 Å². The number of hydrogen-bond donors (Lipinski definition) is 1. The molecule has 0 atom stereocenters. The van der Waals surface area contributed by atoms with Crippen LogP contribution in [-0.4, -0.2) is 0 Å². The summed E-state index contributed by atoms with van der Waals surface area (Å²) >= 11 is 5.89. The van der Waals surface area contributed by atoms with E-state index in [1.807, 2.05) is 13.0 Å². The molecular formula is C13H11ClN2O. The maximum atomic E-state index is 8.96. The van der Waals surface area contributed by atoms with Gasteiger partial charge in [-0.3, -0.25) is 0 Å². The second kappa shape index (κ2) is 4.94. The molecule has 0 aliphatic rings. The summed E-state index contributed by atoms with van der Waals surface area (Å²) in [7, 11) is 0. The van der Waals surface area contributed by atoms with Gasteiger partial charge in [0, 0.05) is 5.02 Å². The van der Waals surface area contributed by atoms with Crippen molar-refractivity contribution >= 4 is 17.3 Å². The largest absolute Gasteiger partial charge is 0.467 e. The van der Waals surface area contributed by atoms with Crippen molar-refractivity contribution in [3.05, 3.63) is 52.4 Å². The zero-order valence-corrected chi connectivity index (χ0v) is 10.1. The molecule has 4 heteroatoms. The standard InChI is InChI=1S/C13H11ClN2O/c1-9-4-5-17-13(9)8-16-12-6-11(14)3-2-10(12)7-15/h2-6,16H,8H2,1H3. The first-order valence-electron chi connectivity index (χ1n) is 5.17. The van der Waals surface area contributed by atoms with Crippen LogP contribution < -0.4 is 5.32 Å². The predicted molar refractivity (Wildman–Crippen MR) is 66.9 cm³/mol. The van der Waals surface area contributed by atoms with Gasteiger partial charge in [0.1, 0.15) is 11.8 Å². The molecule has 0 fully saturated rings. The topological polar surface area (TPSA) is 49.0 Å². The number of furan rings is 1. The minimum absolute atomic E-state index is 0.536. The van der Waals surface area contributed by atoms with E-state index in [1.165, 1.54) is 0 Å². The van der Waals surface area contributed by atoms with Crippen molar-refractivity contribution in [2.75, 3.05) is 5.32 Å². The average Bonchev–Trinajstić information content (AvgIpc) is 2.72. The molecule has 86 valence electrons. The molecular weight excluding hydrogens is 236 g/mol. The van der Waals surface area contributed by atoms with E-state index in [0.29, 0.717) is 17.1 Å². The van der Waals surface area contributed by atoms with Gasteiger partial charge in [0.25, 0.3) is 0 Å². The van der Waals surface area contributed by atoms with Gasteiger partial charge in [-0.15, -0.1) is 0 Å². The van der Waals surface area contributed by atoms with Crippen LogP contribution in [0.1, 0.15) is 16.9 Å². The Labute approximate surface area is 105 Å². The molecule has 1 N–H and O–H groups in total. The fourth-order valence-electron chi connectivity index (χ4n) is 1.52. The third kappa shape index (κ3) is 2.61. The Morgan fingerprint density at radius 1 is 1.41 bits per heavy atom. The number of nitriles is 1. The van der Waals surface area contributed by atoms with Crippen molar-refractivity contribution in [1.29, 1.82) is 5.26 Å². The van der Waals surface area contributed by atoms with Crippen molar-refractivity contribution in [2.45, 2.75) is 13.5 Å². The summed E-state index contributed by atoms with van der Waals surface area (Å²) in [4.78, 5) is 0. The summed E-state index contributed by atoms with van der Waals surface area (Å²) in [6.45, 7) is 2.51. The molecule has 0 unspecified atom stereocenters. The van der Waals surface area contributed by atoms with Gasteiger partial charge in [-0.1, -0.05) is 11.6 Å². The normalized spacial score (nSPS) is 9.94. The molecule has 2 aromatic rings. The third-order valence-electron chi connectivity index (χ3n) is 2.51. The van der Waals surface area contributed by atoms with E-state index in [0.717, 1.165) is 17.0 Å². The molecule has 17 heavy (non-hydrogen) atoms. The molecule has 0 saturated heterocycles. The van der Waals surface area contributed by atoms with E-state index in [-0.39, 0.29) is 0 Å². The van der Waals surface area contributed by atoms with E-state index >= 15 is 0 Å². The van der Waals surface area contributed by atoms with Crippen molar-refractivity contribution in [2.24, 2.45) is 0 Å². The van der Waals surface area contributed by atoms with Crippen LogP contribution >= 0.6 is 11.6 Å². The number of rotatable bonds is 3. The van der Waals surface area contributed by atoms with Crippen LogP contribution in [0.3, 0.4) is 0 Å². The highest BCUT2D eigenvalue weighted by Crippen LogP contribution is 2.21. The molecule has 0 spiro atoms. The highest BCUT2D eigenvalue weighted by molar-refractivity contribution is 6.30. The maximum absolute atomic E-state index is 8.96. The third-order valence-corrected chi connectivity index (χ3v) is 2.74. The van der Waals surface area contributed by atoms with E-state index in [9.17, 15) is 0 Å². The molecule has 0 aliphatic carbocycles. The van der Waals surface area contributed by atoms with Crippen LogP contribution in [0.2, 0.25) is 5.02 Å². The molecule has 1 aromatic heterocycles. The summed E-state index contributed by atoms with van der Waals surface area (Å²) in [5, 5.41) is 12.7. The first kappa shape index (κ1) is 11.6. The van der Waals surface area contributed by atoms with Crippen LogP contribution in [0, 0.1) is 18.3 Å². The molecule has 0 amide bonds. The van der Waals surface area contributed by atoms with Gasteiger partial charge in [-0.05, 0) is 36.8 Å². The van der Waals surface area contributed by atoms with Crippen molar-refractivity contribution in [3.8, 4) is 6.07 Å². The fourth-order valence-corrected chi connectivity index (χ4v) is 1.69. The Kier molecular flexibility index (Phi) is 3.36. The molecule has 2 rings (SSSR count). The SMILES string of the molecule is Cc1ccoc1CNc1cc(Cl)ccc1C#N. The molecule has 1 heterocycles. The predicted octanol–water partition coefficient (Wildman–Crippen LogP) is 3.73. The Hall–Kier alpha value is -1.92. The quantitative estimate of drug-likeness (QED) is 0.898. The van der Waals surface area contributed by atoms with Gasteiger partial charge in [0.05, 0.1) is 24.1 Å². The Morgan fingerprint density at radius 2 is 2.24 bits per heavy atom. The molecule has 1 aromatic carbocycles. The van der Waals surface area contributed by atoms with Gasteiger partial charge in [0.15, 0.2) is 0 Å². The van der Waals surface area contributed by atoms with Crippen LogP contribution in [0.5, 0.6) is 0 Å². The van der Waals surface area contributed by atoms with Crippen molar-refractivity contribution < 1.29 is 4.42 Å². The van der Waals surface area contributed by atoms with Gasteiger partial charge >= 0.3 is 0 Å². The van der Waals surface area contributed by atoms with E-state index < -0.39 is 0 Å². The average molecular weight is 247 g/mol. The molecule has 0 bridgehead atoms. The monoisotopic (exact) mass is 246 g/mol. The molecule has 3 nitrogen and oxygen atoms in total. The van der Waals surface area contributed by atoms with Crippen LogP contribution in [-0.2, 0) is 6.54 Å². The van der Waals surface area contributed by atoms with Gasteiger partial charge < -0.3 is 9.73 Å². The number of aryl methyl sites for hydroxylation is 1. The van der Waals surface area contributed by atoms with E-state index in [2.05, 4.69) is 11.4 Å². The number of benzene rings is 1. The lowest BCUT2D eigenvalue weighted by Gasteiger charge is -2.07. The molecule has 0 saturated carbocycles. The lowest BCUT2D eigenvalue weighted by molar-refractivity contribution is 0.515. The minimum Gasteiger partial charge on any atom is -0.467 e. The Morgan fingerprint density at radius 3 is 2.88 bits per heavy atom. The smallest absolute Gasteiger partial charge is 0.125 e. The number of nitrogens with zero attached hydrogens (tertiary/aromatic N) is 1. The lowest BCUT2D eigenvalue weighted by Crippen LogP contribution is -2.01. The second-order valence-electron chi connectivity index (χ2n) is 3.68. The zero-order valence-electron chi connectivity index (χ0n) is 9.33. The molecule has 0 radical (unpaired) electrons. The Balaban J connectivity index is 2.17.